The number of benzene rings is 1. The monoisotopic (exact) mass is 290 g/mol. The Morgan fingerprint density at radius 2 is 2.00 bits per heavy atom. The molecule has 1 aromatic rings. The molecule has 0 aliphatic rings. The second-order valence-electron chi connectivity index (χ2n) is 4.32. The lowest BCUT2D eigenvalue weighted by molar-refractivity contribution is 0.459. The highest BCUT2D eigenvalue weighted by atomic mass is 35.5. The van der Waals surface area contributed by atoms with E-state index in [1.54, 1.807) is 20.0 Å². The molecule has 0 spiro atoms. The number of halogens is 1. The molecule has 2 N–H and O–H groups in total. The number of hydrogen-bond donors (Lipinski definition) is 1. The number of unbranched alkanes of at least 4 members (excludes halogenated alkanes) is 1. The van der Waals surface area contributed by atoms with E-state index in [4.69, 9.17) is 17.3 Å². The van der Waals surface area contributed by atoms with Crippen molar-refractivity contribution in [2.45, 2.75) is 31.6 Å². The van der Waals surface area contributed by atoms with Crippen LogP contribution in [0, 0.1) is 6.92 Å². The minimum atomic E-state index is -3.49. The molecule has 0 aliphatic carbocycles. The van der Waals surface area contributed by atoms with Gasteiger partial charge in [-0.25, -0.2) is 12.7 Å². The van der Waals surface area contributed by atoms with E-state index in [2.05, 4.69) is 0 Å². The molecule has 0 aliphatic heterocycles. The van der Waals surface area contributed by atoms with Gasteiger partial charge in [0.15, 0.2) is 0 Å². The van der Waals surface area contributed by atoms with Crippen LogP contribution in [0.3, 0.4) is 0 Å². The third-order valence-corrected chi connectivity index (χ3v) is 5.14. The smallest absolute Gasteiger partial charge is 0.243 e. The van der Waals surface area contributed by atoms with Crippen molar-refractivity contribution in [2.75, 3.05) is 19.3 Å². The standard InChI is InChI=1S/C12H19ClN2O2S/c1-4-5-6-15(3)18(16,17)12-8-11(14)10(13)7-9(12)2/h7-8H,4-6,14H2,1-3H3. The summed E-state index contributed by atoms with van der Waals surface area (Å²) in [5.74, 6) is 0. The van der Waals surface area contributed by atoms with E-state index in [-0.39, 0.29) is 10.6 Å². The maximum absolute atomic E-state index is 12.3. The maximum atomic E-state index is 12.3. The van der Waals surface area contributed by atoms with Crippen LogP contribution < -0.4 is 5.73 Å². The number of rotatable bonds is 5. The third-order valence-electron chi connectivity index (χ3n) is 2.81. The van der Waals surface area contributed by atoms with Crippen LogP contribution in [0.2, 0.25) is 5.02 Å². The molecular formula is C12H19ClN2O2S. The predicted octanol–water partition coefficient (Wildman–Crippen LogP) is 2.65. The second-order valence-corrected chi connectivity index (χ2v) is 6.74. The van der Waals surface area contributed by atoms with Gasteiger partial charge in [0.05, 0.1) is 15.6 Å². The Morgan fingerprint density at radius 1 is 1.39 bits per heavy atom. The molecule has 0 fully saturated rings. The maximum Gasteiger partial charge on any atom is 0.243 e. The van der Waals surface area contributed by atoms with Gasteiger partial charge in [-0.2, -0.15) is 0 Å². The molecular weight excluding hydrogens is 272 g/mol. The fourth-order valence-electron chi connectivity index (χ4n) is 1.62. The lowest BCUT2D eigenvalue weighted by Gasteiger charge is -2.18. The lowest BCUT2D eigenvalue weighted by Crippen LogP contribution is -2.28. The van der Waals surface area contributed by atoms with E-state index in [9.17, 15) is 8.42 Å². The summed E-state index contributed by atoms with van der Waals surface area (Å²) in [6.45, 7) is 4.23. The van der Waals surface area contributed by atoms with Crippen molar-refractivity contribution in [3.05, 3.63) is 22.7 Å². The highest BCUT2D eigenvalue weighted by molar-refractivity contribution is 7.89. The quantitative estimate of drug-likeness (QED) is 0.848. The first kappa shape index (κ1) is 15.3. The first-order chi connectivity index (χ1) is 8.30. The minimum absolute atomic E-state index is 0.225. The van der Waals surface area contributed by atoms with Gasteiger partial charge < -0.3 is 5.73 Å². The largest absolute Gasteiger partial charge is 0.397 e. The van der Waals surface area contributed by atoms with Gasteiger partial charge in [-0.05, 0) is 31.0 Å². The Morgan fingerprint density at radius 3 is 2.56 bits per heavy atom. The number of sulfonamides is 1. The Bertz CT molecular complexity index is 529. The normalized spacial score (nSPS) is 12.1. The zero-order valence-electron chi connectivity index (χ0n) is 10.9. The number of nitrogens with two attached hydrogens (primary N) is 1. The van der Waals surface area contributed by atoms with E-state index in [1.807, 2.05) is 6.92 Å². The second kappa shape index (κ2) is 5.91. The topological polar surface area (TPSA) is 63.4 Å². The van der Waals surface area contributed by atoms with Crippen molar-refractivity contribution in [2.24, 2.45) is 0 Å². The van der Waals surface area contributed by atoms with Crippen LogP contribution in [-0.4, -0.2) is 26.3 Å². The van der Waals surface area contributed by atoms with Crippen LogP contribution in [0.1, 0.15) is 25.3 Å². The summed E-state index contributed by atoms with van der Waals surface area (Å²) in [4.78, 5) is 0.225. The third kappa shape index (κ3) is 3.16. The van der Waals surface area contributed by atoms with Gasteiger partial charge in [0.2, 0.25) is 10.0 Å². The molecule has 0 saturated carbocycles. The molecule has 0 amide bonds. The van der Waals surface area contributed by atoms with Gasteiger partial charge in [0.25, 0.3) is 0 Å². The first-order valence-electron chi connectivity index (χ1n) is 5.82. The fraction of sp³-hybridized carbons (Fsp3) is 0.500. The van der Waals surface area contributed by atoms with Crippen molar-refractivity contribution in [1.82, 2.24) is 4.31 Å². The van der Waals surface area contributed by atoms with Gasteiger partial charge >= 0.3 is 0 Å². The summed E-state index contributed by atoms with van der Waals surface area (Å²) >= 11 is 5.87. The van der Waals surface area contributed by atoms with Crippen molar-refractivity contribution in [3.63, 3.8) is 0 Å². The number of nitrogen functional groups attached to an aromatic ring is 1. The fourth-order valence-corrected chi connectivity index (χ4v) is 3.28. The molecule has 1 aromatic carbocycles. The van der Waals surface area contributed by atoms with Crippen LogP contribution in [0.5, 0.6) is 0 Å². The highest BCUT2D eigenvalue weighted by Gasteiger charge is 2.23. The zero-order chi connectivity index (χ0) is 13.9. The Kier molecular flexibility index (Phi) is 5.01. The summed E-state index contributed by atoms with van der Waals surface area (Å²) in [6.07, 6.45) is 1.78. The predicted molar refractivity (Wildman–Crippen MR) is 75.3 cm³/mol. The molecule has 4 nitrogen and oxygen atoms in total. The van der Waals surface area contributed by atoms with Crippen molar-refractivity contribution in [1.29, 1.82) is 0 Å². The van der Waals surface area contributed by atoms with Crippen LogP contribution >= 0.6 is 11.6 Å². The van der Waals surface area contributed by atoms with Gasteiger partial charge in [-0.1, -0.05) is 24.9 Å². The van der Waals surface area contributed by atoms with Crippen molar-refractivity contribution in [3.8, 4) is 0 Å². The summed E-state index contributed by atoms with van der Waals surface area (Å²) in [5, 5.41) is 0.377. The van der Waals surface area contributed by atoms with E-state index in [0.717, 1.165) is 12.8 Å². The molecule has 102 valence electrons. The summed E-state index contributed by atoms with van der Waals surface area (Å²) in [7, 11) is -1.91. The van der Waals surface area contributed by atoms with Crippen LogP contribution in [0.25, 0.3) is 0 Å². The zero-order valence-corrected chi connectivity index (χ0v) is 12.5. The molecule has 18 heavy (non-hydrogen) atoms. The number of anilines is 1. The van der Waals surface area contributed by atoms with E-state index >= 15 is 0 Å². The van der Waals surface area contributed by atoms with E-state index in [0.29, 0.717) is 17.1 Å². The Balaban J connectivity index is 3.16. The number of nitrogens with zero attached hydrogens (tertiary/aromatic N) is 1. The first-order valence-corrected chi connectivity index (χ1v) is 7.64. The molecule has 0 saturated heterocycles. The molecule has 6 heteroatoms. The Labute approximate surface area is 114 Å². The van der Waals surface area contributed by atoms with Gasteiger partial charge in [0.1, 0.15) is 0 Å². The van der Waals surface area contributed by atoms with E-state index in [1.165, 1.54) is 10.4 Å². The molecule has 0 radical (unpaired) electrons. The summed E-state index contributed by atoms with van der Waals surface area (Å²) < 4.78 is 26.1. The van der Waals surface area contributed by atoms with Gasteiger partial charge in [0, 0.05) is 13.6 Å². The molecule has 0 bridgehead atoms. The molecule has 0 heterocycles. The average molecular weight is 291 g/mol. The van der Waals surface area contributed by atoms with Crippen molar-refractivity contribution >= 4 is 27.3 Å². The van der Waals surface area contributed by atoms with Crippen LogP contribution in [-0.2, 0) is 10.0 Å². The number of hydrogen-bond acceptors (Lipinski definition) is 3. The SMILES string of the molecule is CCCCN(C)S(=O)(=O)c1cc(N)c(Cl)cc1C. The summed E-state index contributed by atoms with van der Waals surface area (Å²) in [6, 6.07) is 3.01. The highest BCUT2D eigenvalue weighted by Crippen LogP contribution is 2.27. The summed E-state index contributed by atoms with van der Waals surface area (Å²) in [5.41, 5.74) is 6.56. The van der Waals surface area contributed by atoms with Crippen LogP contribution in [0.15, 0.2) is 17.0 Å². The lowest BCUT2D eigenvalue weighted by atomic mass is 10.2. The molecule has 0 aromatic heterocycles. The van der Waals surface area contributed by atoms with Crippen molar-refractivity contribution < 1.29 is 8.42 Å². The average Bonchev–Trinajstić information content (AvgIpc) is 2.30. The molecule has 0 unspecified atom stereocenters. The number of aryl methyl sites for hydroxylation is 1. The van der Waals surface area contributed by atoms with E-state index < -0.39 is 10.0 Å². The minimum Gasteiger partial charge on any atom is -0.397 e. The van der Waals surface area contributed by atoms with Crippen LogP contribution in [0.4, 0.5) is 5.69 Å². The van der Waals surface area contributed by atoms with Gasteiger partial charge in [-0.3, -0.25) is 0 Å². The molecule has 1 rings (SSSR count). The molecule has 0 atom stereocenters. The Hall–Kier alpha value is -0.780. The van der Waals surface area contributed by atoms with Gasteiger partial charge in [-0.15, -0.1) is 0 Å².